The van der Waals surface area contributed by atoms with E-state index in [1.807, 2.05) is 18.2 Å². The Morgan fingerprint density at radius 3 is 2.50 bits per heavy atom. The van der Waals surface area contributed by atoms with Crippen molar-refractivity contribution in [3.8, 4) is 6.07 Å². The minimum atomic E-state index is -0.887. The maximum Gasteiger partial charge on any atom is 0.0991 e. The van der Waals surface area contributed by atoms with Crippen molar-refractivity contribution in [2.24, 2.45) is 5.73 Å². The number of hydrogen-bond acceptors (Lipinski definition) is 3. The summed E-state index contributed by atoms with van der Waals surface area (Å²) in [6, 6.07) is 9.15. The highest BCUT2D eigenvalue weighted by molar-refractivity contribution is 7.84. The first-order valence-corrected chi connectivity index (χ1v) is 5.79. The van der Waals surface area contributed by atoms with Crippen LogP contribution in [0.15, 0.2) is 24.3 Å². The van der Waals surface area contributed by atoms with Gasteiger partial charge in [-0.25, -0.2) is 0 Å². The Kier molecular flexibility index (Phi) is 4.30. The lowest BCUT2D eigenvalue weighted by Crippen LogP contribution is -2.11. The normalized spacial score (nSPS) is 12.0. The van der Waals surface area contributed by atoms with Gasteiger partial charge < -0.3 is 5.73 Å². The summed E-state index contributed by atoms with van der Waals surface area (Å²) in [7, 11) is -0.887. The van der Waals surface area contributed by atoms with Gasteiger partial charge in [-0.05, 0) is 17.7 Å². The van der Waals surface area contributed by atoms with Crippen molar-refractivity contribution in [2.75, 3.05) is 12.3 Å². The van der Waals surface area contributed by atoms with Gasteiger partial charge in [0.25, 0.3) is 0 Å². The van der Waals surface area contributed by atoms with Crippen molar-refractivity contribution in [1.82, 2.24) is 0 Å². The summed E-state index contributed by atoms with van der Waals surface area (Å²) in [5.74, 6) is 1.04. The molecule has 0 aliphatic rings. The number of hydrogen-bond donors (Lipinski definition) is 1. The second-order valence-electron chi connectivity index (χ2n) is 2.89. The largest absolute Gasteiger partial charge is 0.330 e. The molecule has 0 aliphatic carbocycles. The molecule has 0 bridgehead atoms. The smallest absolute Gasteiger partial charge is 0.0991 e. The average molecular weight is 208 g/mol. The topological polar surface area (TPSA) is 66.9 Å². The molecular formula is C10H12N2OS. The van der Waals surface area contributed by atoms with Crippen LogP contribution < -0.4 is 5.73 Å². The van der Waals surface area contributed by atoms with E-state index in [0.29, 0.717) is 23.6 Å². The zero-order chi connectivity index (χ0) is 10.4. The molecule has 0 aromatic heterocycles. The minimum Gasteiger partial charge on any atom is -0.330 e. The van der Waals surface area contributed by atoms with E-state index in [0.717, 1.165) is 5.56 Å². The molecule has 0 saturated carbocycles. The summed E-state index contributed by atoms with van der Waals surface area (Å²) >= 11 is 0. The standard InChI is InChI=1S/C10H12N2OS/c11-5-6-14(13)8-10-3-1-9(7-12)2-4-10/h1-4H,5-6,8,11H2. The number of nitriles is 1. The summed E-state index contributed by atoms with van der Waals surface area (Å²) in [6.07, 6.45) is 0. The Hall–Kier alpha value is -1.18. The third-order valence-electron chi connectivity index (χ3n) is 1.76. The molecule has 1 unspecified atom stereocenters. The van der Waals surface area contributed by atoms with E-state index in [2.05, 4.69) is 0 Å². The molecule has 0 heterocycles. The van der Waals surface area contributed by atoms with Gasteiger partial charge in [-0.1, -0.05) is 12.1 Å². The first kappa shape index (κ1) is 10.9. The second-order valence-corrected chi connectivity index (χ2v) is 4.46. The van der Waals surface area contributed by atoms with Gasteiger partial charge >= 0.3 is 0 Å². The molecule has 1 aromatic rings. The van der Waals surface area contributed by atoms with Crippen LogP contribution in [0, 0.1) is 11.3 Å². The zero-order valence-electron chi connectivity index (χ0n) is 7.77. The fourth-order valence-electron chi connectivity index (χ4n) is 1.07. The second kappa shape index (κ2) is 5.53. The van der Waals surface area contributed by atoms with Gasteiger partial charge in [-0.2, -0.15) is 5.26 Å². The van der Waals surface area contributed by atoms with Crippen molar-refractivity contribution in [1.29, 1.82) is 5.26 Å². The summed E-state index contributed by atoms with van der Waals surface area (Å²) in [5.41, 5.74) is 6.90. The van der Waals surface area contributed by atoms with Crippen LogP contribution in [-0.4, -0.2) is 16.5 Å². The molecule has 14 heavy (non-hydrogen) atoms. The van der Waals surface area contributed by atoms with Crippen molar-refractivity contribution in [2.45, 2.75) is 5.75 Å². The van der Waals surface area contributed by atoms with E-state index in [9.17, 15) is 4.21 Å². The Balaban J connectivity index is 2.61. The number of rotatable bonds is 4. The summed E-state index contributed by atoms with van der Waals surface area (Å²) in [5, 5.41) is 8.57. The van der Waals surface area contributed by atoms with E-state index in [-0.39, 0.29) is 0 Å². The molecule has 0 fully saturated rings. The minimum absolute atomic E-state index is 0.447. The Morgan fingerprint density at radius 1 is 1.36 bits per heavy atom. The van der Waals surface area contributed by atoms with Crippen LogP contribution in [0.25, 0.3) is 0 Å². The first-order valence-electron chi connectivity index (χ1n) is 4.30. The third kappa shape index (κ3) is 3.29. The number of nitrogens with zero attached hydrogens (tertiary/aromatic N) is 1. The SMILES string of the molecule is N#Cc1ccc(CS(=O)CCN)cc1. The van der Waals surface area contributed by atoms with Crippen LogP contribution in [0.4, 0.5) is 0 Å². The Labute approximate surface area is 86.0 Å². The molecule has 0 amide bonds. The maximum atomic E-state index is 11.3. The molecular weight excluding hydrogens is 196 g/mol. The first-order chi connectivity index (χ1) is 6.76. The molecule has 0 radical (unpaired) electrons. The van der Waals surface area contributed by atoms with Crippen LogP contribution in [0.3, 0.4) is 0 Å². The molecule has 2 N–H and O–H groups in total. The van der Waals surface area contributed by atoms with Crippen molar-refractivity contribution < 1.29 is 4.21 Å². The van der Waals surface area contributed by atoms with Crippen LogP contribution in [0.5, 0.6) is 0 Å². The number of benzene rings is 1. The molecule has 3 nitrogen and oxygen atoms in total. The Bertz CT molecular complexity index is 353. The van der Waals surface area contributed by atoms with Crippen molar-refractivity contribution >= 4 is 10.8 Å². The lowest BCUT2D eigenvalue weighted by atomic mass is 10.2. The van der Waals surface area contributed by atoms with E-state index in [1.54, 1.807) is 12.1 Å². The van der Waals surface area contributed by atoms with Gasteiger partial charge in [0.15, 0.2) is 0 Å². The summed E-state index contributed by atoms with van der Waals surface area (Å²) in [6.45, 7) is 0.447. The summed E-state index contributed by atoms with van der Waals surface area (Å²) in [4.78, 5) is 0. The predicted octanol–water partition coefficient (Wildman–Crippen LogP) is 0.766. The molecule has 1 aromatic carbocycles. The quantitative estimate of drug-likeness (QED) is 0.794. The fourth-order valence-corrected chi connectivity index (χ4v) is 2.04. The van der Waals surface area contributed by atoms with Gasteiger partial charge in [-0.3, -0.25) is 4.21 Å². The van der Waals surface area contributed by atoms with Crippen LogP contribution in [-0.2, 0) is 16.6 Å². The average Bonchev–Trinajstić information content (AvgIpc) is 2.19. The predicted molar refractivity (Wildman–Crippen MR) is 56.9 cm³/mol. The van der Waals surface area contributed by atoms with Gasteiger partial charge in [-0.15, -0.1) is 0 Å². The van der Waals surface area contributed by atoms with Gasteiger partial charge in [0, 0.05) is 28.9 Å². The highest BCUT2D eigenvalue weighted by atomic mass is 32.2. The molecule has 1 atom stereocenters. The van der Waals surface area contributed by atoms with E-state index in [1.165, 1.54) is 0 Å². The van der Waals surface area contributed by atoms with Crippen molar-refractivity contribution in [3.05, 3.63) is 35.4 Å². The summed E-state index contributed by atoms with van der Waals surface area (Å²) < 4.78 is 11.3. The maximum absolute atomic E-state index is 11.3. The van der Waals surface area contributed by atoms with Crippen LogP contribution >= 0.6 is 0 Å². The van der Waals surface area contributed by atoms with Gasteiger partial charge in [0.05, 0.1) is 11.6 Å². The third-order valence-corrected chi connectivity index (χ3v) is 3.10. The van der Waals surface area contributed by atoms with E-state index < -0.39 is 10.8 Å². The lowest BCUT2D eigenvalue weighted by molar-refractivity contribution is 0.682. The van der Waals surface area contributed by atoms with Gasteiger partial charge in [0.1, 0.15) is 0 Å². The monoisotopic (exact) mass is 208 g/mol. The highest BCUT2D eigenvalue weighted by Gasteiger charge is 2.00. The molecule has 74 valence electrons. The van der Waals surface area contributed by atoms with Crippen LogP contribution in [0.1, 0.15) is 11.1 Å². The zero-order valence-corrected chi connectivity index (χ0v) is 8.59. The molecule has 0 saturated heterocycles. The Morgan fingerprint density at radius 2 is 2.00 bits per heavy atom. The van der Waals surface area contributed by atoms with Gasteiger partial charge in [0.2, 0.25) is 0 Å². The highest BCUT2D eigenvalue weighted by Crippen LogP contribution is 2.05. The van der Waals surface area contributed by atoms with Crippen molar-refractivity contribution in [3.63, 3.8) is 0 Å². The molecule has 0 spiro atoms. The lowest BCUT2D eigenvalue weighted by Gasteiger charge is -2.00. The number of nitrogens with two attached hydrogens (primary N) is 1. The van der Waals surface area contributed by atoms with E-state index in [4.69, 9.17) is 11.0 Å². The molecule has 0 aliphatic heterocycles. The fraction of sp³-hybridized carbons (Fsp3) is 0.300. The molecule has 4 heteroatoms. The molecule has 1 rings (SSSR count). The van der Waals surface area contributed by atoms with E-state index >= 15 is 0 Å². The van der Waals surface area contributed by atoms with Crippen LogP contribution in [0.2, 0.25) is 0 Å².